The first-order valence-electron chi connectivity index (χ1n) is 5.36. The van der Waals surface area contributed by atoms with E-state index < -0.39 is 0 Å². The zero-order valence-electron chi connectivity index (χ0n) is 8.76. The third kappa shape index (κ3) is 1.57. The molecule has 3 rings (SSSR count). The second-order valence-corrected chi connectivity index (χ2v) is 4.48. The van der Waals surface area contributed by atoms with E-state index in [1.165, 1.54) is 0 Å². The zero-order valence-corrected chi connectivity index (χ0v) is 9.65. The molecule has 16 heavy (non-hydrogen) atoms. The molecule has 1 saturated heterocycles. The van der Waals surface area contributed by atoms with Crippen LogP contribution >= 0.6 is 12.6 Å². The van der Waals surface area contributed by atoms with Gasteiger partial charge in [-0.15, -0.1) is 12.6 Å². The number of aromatic nitrogens is 2. The predicted molar refractivity (Wildman–Crippen MR) is 59.8 cm³/mol. The molecule has 0 aliphatic carbocycles. The molecule has 0 amide bonds. The van der Waals surface area contributed by atoms with Crippen molar-refractivity contribution < 1.29 is 9.84 Å². The minimum atomic E-state index is 0.0511. The quantitative estimate of drug-likeness (QED) is 0.507. The van der Waals surface area contributed by atoms with E-state index in [0.717, 1.165) is 37.4 Å². The second-order valence-electron chi connectivity index (χ2n) is 4.08. The Labute approximate surface area is 98.9 Å². The van der Waals surface area contributed by atoms with Gasteiger partial charge in [-0.3, -0.25) is 4.90 Å². The minimum Gasteiger partial charge on any atom is -0.493 e. The van der Waals surface area contributed by atoms with E-state index in [1.54, 1.807) is 0 Å². The van der Waals surface area contributed by atoms with Gasteiger partial charge in [0.05, 0.1) is 30.5 Å². The van der Waals surface area contributed by atoms with E-state index >= 15 is 0 Å². The number of aromatic hydroxyl groups is 1. The van der Waals surface area contributed by atoms with Crippen molar-refractivity contribution in [1.82, 2.24) is 14.9 Å². The first-order chi connectivity index (χ1) is 7.75. The van der Waals surface area contributed by atoms with Crippen LogP contribution in [0, 0.1) is 0 Å². The summed E-state index contributed by atoms with van der Waals surface area (Å²) in [5, 5.41) is 10.2. The highest BCUT2D eigenvalue weighted by Crippen LogP contribution is 2.35. The third-order valence-electron chi connectivity index (χ3n) is 3.20. The number of morpholine rings is 1. The fourth-order valence-electron chi connectivity index (χ4n) is 2.44. The average Bonchev–Trinajstić information content (AvgIpc) is 2.28. The van der Waals surface area contributed by atoms with E-state index in [0.29, 0.717) is 11.8 Å². The van der Waals surface area contributed by atoms with Gasteiger partial charge in [-0.1, -0.05) is 0 Å². The highest BCUT2D eigenvalue weighted by molar-refractivity contribution is 7.80. The van der Waals surface area contributed by atoms with Gasteiger partial charge in [0.25, 0.3) is 0 Å². The van der Waals surface area contributed by atoms with Crippen LogP contribution in [-0.2, 0) is 11.2 Å². The van der Waals surface area contributed by atoms with E-state index in [2.05, 4.69) is 27.5 Å². The molecule has 1 aromatic rings. The molecule has 0 aromatic carbocycles. The van der Waals surface area contributed by atoms with Crippen LogP contribution in [0.5, 0.6) is 5.88 Å². The van der Waals surface area contributed by atoms with Crippen LogP contribution in [0.3, 0.4) is 0 Å². The van der Waals surface area contributed by atoms with Crippen molar-refractivity contribution in [3.05, 3.63) is 11.3 Å². The van der Waals surface area contributed by atoms with Crippen molar-refractivity contribution in [2.24, 2.45) is 0 Å². The summed E-state index contributed by atoms with van der Waals surface area (Å²) in [6.07, 6.45) is 0.843. The van der Waals surface area contributed by atoms with Gasteiger partial charge in [0, 0.05) is 19.5 Å². The number of thiol groups is 1. The van der Waals surface area contributed by atoms with Gasteiger partial charge in [0.15, 0.2) is 5.16 Å². The standard InChI is InChI=1S/C10H13N3O2S/c14-9-8-6(11-10(16)12-9)1-2-13-3-4-15-5-7(8)13/h7H,1-5H2,(H2,11,12,14,16). The lowest BCUT2D eigenvalue weighted by Gasteiger charge is -2.39. The molecular formula is C10H13N3O2S. The highest BCUT2D eigenvalue weighted by Gasteiger charge is 2.33. The molecule has 1 aromatic heterocycles. The van der Waals surface area contributed by atoms with Crippen molar-refractivity contribution in [2.75, 3.05) is 26.3 Å². The lowest BCUT2D eigenvalue weighted by atomic mass is 9.97. The fraction of sp³-hybridized carbons (Fsp3) is 0.600. The van der Waals surface area contributed by atoms with Gasteiger partial charge in [-0.2, -0.15) is 4.98 Å². The van der Waals surface area contributed by atoms with Crippen LogP contribution in [0.25, 0.3) is 0 Å². The number of hydrogen-bond acceptors (Lipinski definition) is 6. The lowest BCUT2D eigenvalue weighted by Crippen LogP contribution is -2.44. The monoisotopic (exact) mass is 239 g/mol. The third-order valence-corrected chi connectivity index (χ3v) is 3.40. The van der Waals surface area contributed by atoms with E-state index in [1.807, 2.05) is 0 Å². The van der Waals surface area contributed by atoms with Crippen LogP contribution < -0.4 is 0 Å². The van der Waals surface area contributed by atoms with E-state index in [-0.39, 0.29) is 11.9 Å². The van der Waals surface area contributed by atoms with Crippen LogP contribution in [0.15, 0.2) is 5.16 Å². The number of ether oxygens (including phenoxy) is 1. The van der Waals surface area contributed by atoms with Crippen molar-refractivity contribution in [3.8, 4) is 5.88 Å². The van der Waals surface area contributed by atoms with Crippen molar-refractivity contribution in [3.63, 3.8) is 0 Å². The second kappa shape index (κ2) is 3.87. The summed E-state index contributed by atoms with van der Waals surface area (Å²) in [6.45, 7) is 3.24. The Morgan fingerprint density at radius 1 is 1.38 bits per heavy atom. The van der Waals surface area contributed by atoms with E-state index in [9.17, 15) is 5.11 Å². The molecule has 0 bridgehead atoms. The largest absolute Gasteiger partial charge is 0.493 e. The topological polar surface area (TPSA) is 58.5 Å². The summed E-state index contributed by atoms with van der Waals surface area (Å²) in [7, 11) is 0. The lowest BCUT2D eigenvalue weighted by molar-refractivity contribution is -0.0146. The Bertz CT molecular complexity index is 427. The van der Waals surface area contributed by atoms with Crippen molar-refractivity contribution >= 4 is 12.6 Å². The zero-order chi connectivity index (χ0) is 11.1. The normalized spacial score (nSPS) is 24.9. The van der Waals surface area contributed by atoms with Crippen molar-refractivity contribution in [2.45, 2.75) is 17.6 Å². The molecule has 1 atom stereocenters. The SMILES string of the molecule is Oc1nc(S)nc2c1C1COCCN1CC2. The number of rotatable bonds is 0. The Kier molecular flexibility index (Phi) is 2.49. The maximum atomic E-state index is 9.89. The molecular weight excluding hydrogens is 226 g/mol. The first-order valence-corrected chi connectivity index (χ1v) is 5.81. The van der Waals surface area contributed by atoms with Gasteiger partial charge in [0.1, 0.15) is 0 Å². The molecule has 1 fully saturated rings. The maximum Gasteiger partial charge on any atom is 0.220 e. The summed E-state index contributed by atoms with van der Waals surface area (Å²) in [5.74, 6) is 0.0511. The Morgan fingerprint density at radius 2 is 2.25 bits per heavy atom. The summed E-state index contributed by atoms with van der Waals surface area (Å²) in [4.78, 5) is 10.5. The van der Waals surface area contributed by atoms with Gasteiger partial charge in [-0.25, -0.2) is 4.98 Å². The fourth-order valence-corrected chi connectivity index (χ4v) is 2.66. The summed E-state index contributed by atoms with van der Waals surface area (Å²) in [6, 6.07) is 0.103. The summed E-state index contributed by atoms with van der Waals surface area (Å²) in [5.41, 5.74) is 1.73. The summed E-state index contributed by atoms with van der Waals surface area (Å²) < 4.78 is 5.45. The molecule has 1 unspecified atom stereocenters. The van der Waals surface area contributed by atoms with Crippen LogP contribution in [0.2, 0.25) is 0 Å². The molecule has 0 spiro atoms. The Balaban J connectivity index is 2.07. The minimum absolute atomic E-state index is 0.0511. The van der Waals surface area contributed by atoms with Crippen LogP contribution in [-0.4, -0.2) is 46.3 Å². The van der Waals surface area contributed by atoms with Crippen LogP contribution in [0.1, 0.15) is 17.3 Å². The van der Waals surface area contributed by atoms with Gasteiger partial charge in [-0.05, 0) is 0 Å². The smallest absolute Gasteiger partial charge is 0.220 e. The Hall–Kier alpha value is -0.850. The molecule has 6 heteroatoms. The van der Waals surface area contributed by atoms with Gasteiger partial charge < -0.3 is 9.84 Å². The molecule has 5 nitrogen and oxygen atoms in total. The highest BCUT2D eigenvalue weighted by atomic mass is 32.1. The Morgan fingerprint density at radius 3 is 3.12 bits per heavy atom. The van der Waals surface area contributed by atoms with Crippen molar-refractivity contribution in [1.29, 1.82) is 0 Å². The molecule has 2 aliphatic heterocycles. The van der Waals surface area contributed by atoms with Gasteiger partial charge >= 0.3 is 0 Å². The summed E-state index contributed by atoms with van der Waals surface area (Å²) >= 11 is 4.08. The van der Waals surface area contributed by atoms with E-state index in [4.69, 9.17) is 4.74 Å². The number of hydrogen-bond donors (Lipinski definition) is 2. The maximum absolute atomic E-state index is 9.89. The van der Waals surface area contributed by atoms with Crippen LogP contribution in [0.4, 0.5) is 0 Å². The molecule has 2 aliphatic rings. The first kappa shape index (κ1) is 10.3. The predicted octanol–water partition coefficient (Wildman–Crippen LogP) is 0.400. The molecule has 0 saturated carbocycles. The number of nitrogens with zero attached hydrogens (tertiary/aromatic N) is 3. The molecule has 3 heterocycles. The number of fused-ring (bicyclic) bond motifs is 3. The molecule has 0 radical (unpaired) electrons. The molecule has 86 valence electrons. The average molecular weight is 239 g/mol. The van der Waals surface area contributed by atoms with Gasteiger partial charge in [0.2, 0.25) is 5.88 Å². The molecule has 1 N–H and O–H groups in total.